The maximum atomic E-state index is 12.6. The summed E-state index contributed by atoms with van der Waals surface area (Å²) in [6.45, 7) is 2.73. The Kier molecular flexibility index (Phi) is 5.54. The third-order valence-corrected chi connectivity index (χ3v) is 4.71. The number of nitrogens with zero attached hydrogens (tertiary/aromatic N) is 1. The first kappa shape index (κ1) is 18.6. The van der Waals surface area contributed by atoms with Crippen LogP contribution in [0.5, 0.6) is 0 Å². The van der Waals surface area contributed by atoms with Crippen molar-refractivity contribution < 1.29 is 19.1 Å². The highest BCUT2D eigenvalue weighted by Gasteiger charge is 2.25. The van der Waals surface area contributed by atoms with Gasteiger partial charge in [-0.05, 0) is 48.7 Å². The molecule has 0 fully saturated rings. The molecule has 0 spiro atoms. The number of carbonyl (C=O) groups excluding carboxylic acids is 3. The molecule has 140 valence electrons. The van der Waals surface area contributed by atoms with Crippen LogP contribution in [0.25, 0.3) is 0 Å². The van der Waals surface area contributed by atoms with Gasteiger partial charge >= 0.3 is 5.97 Å². The van der Waals surface area contributed by atoms with Crippen molar-refractivity contribution in [3.8, 4) is 0 Å². The normalized spacial score (nSPS) is 12.4. The molecule has 1 heterocycles. The SMILES string of the molecule is COC(=O)c1ccc2c(c1)CCN2C(=O)CCNC(=O)c1ccccc1C. The second kappa shape index (κ2) is 8.03. The van der Waals surface area contributed by atoms with Gasteiger partial charge in [0.25, 0.3) is 5.91 Å². The maximum Gasteiger partial charge on any atom is 0.337 e. The molecule has 1 N–H and O–H groups in total. The molecule has 6 nitrogen and oxygen atoms in total. The zero-order valence-corrected chi connectivity index (χ0v) is 15.5. The van der Waals surface area contributed by atoms with E-state index in [4.69, 9.17) is 4.74 Å². The van der Waals surface area contributed by atoms with Crippen molar-refractivity contribution in [2.45, 2.75) is 19.8 Å². The molecule has 0 unspecified atom stereocenters. The molecule has 2 aromatic carbocycles. The Morgan fingerprint density at radius 3 is 2.67 bits per heavy atom. The number of methoxy groups -OCH3 is 1. The van der Waals surface area contributed by atoms with Gasteiger partial charge in [-0.2, -0.15) is 0 Å². The van der Waals surface area contributed by atoms with Crippen molar-refractivity contribution in [2.24, 2.45) is 0 Å². The van der Waals surface area contributed by atoms with Gasteiger partial charge in [-0.25, -0.2) is 4.79 Å². The van der Waals surface area contributed by atoms with Gasteiger partial charge in [0.2, 0.25) is 5.91 Å². The minimum atomic E-state index is -0.388. The van der Waals surface area contributed by atoms with E-state index in [0.717, 1.165) is 16.8 Å². The molecule has 0 aliphatic carbocycles. The van der Waals surface area contributed by atoms with Crippen molar-refractivity contribution in [1.82, 2.24) is 5.32 Å². The lowest BCUT2D eigenvalue weighted by molar-refractivity contribution is -0.118. The second-order valence-electron chi connectivity index (χ2n) is 6.45. The van der Waals surface area contributed by atoms with Gasteiger partial charge in [0.15, 0.2) is 0 Å². The van der Waals surface area contributed by atoms with Gasteiger partial charge in [-0.1, -0.05) is 18.2 Å². The van der Waals surface area contributed by atoms with Gasteiger partial charge in [-0.15, -0.1) is 0 Å². The fourth-order valence-corrected chi connectivity index (χ4v) is 3.25. The van der Waals surface area contributed by atoms with E-state index in [1.807, 2.05) is 25.1 Å². The van der Waals surface area contributed by atoms with E-state index in [1.165, 1.54) is 7.11 Å². The average molecular weight is 366 g/mol. The van der Waals surface area contributed by atoms with Crippen LogP contribution in [0.3, 0.4) is 0 Å². The van der Waals surface area contributed by atoms with Crippen LogP contribution in [-0.2, 0) is 16.0 Å². The monoisotopic (exact) mass is 366 g/mol. The number of rotatable bonds is 5. The maximum absolute atomic E-state index is 12.6. The summed E-state index contributed by atoms with van der Waals surface area (Å²) in [6.07, 6.45) is 0.914. The van der Waals surface area contributed by atoms with E-state index in [2.05, 4.69) is 5.32 Å². The zero-order chi connectivity index (χ0) is 19.4. The first-order chi connectivity index (χ1) is 13.0. The summed E-state index contributed by atoms with van der Waals surface area (Å²) in [4.78, 5) is 38.1. The van der Waals surface area contributed by atoms with Crippen LogP contribution in [0.4, 0.5) is 5.69 Å². The smallest absolute Gasteiger partial charge is 0.337 e. The first-order valence-corrected chi connectivity index (χ1v) is 8.86. The first-order valence-electron chi connectivity index (χ1n) is 8.86. The predicted molar refractivity (Wildman–Crippen MR) is 102 cm³/mol. The summed E-state index contributed by atoms with van der Waals surface area (Å²) in [7, 11) is 1.34. The highest BCUT2D eigenvalue weighted by molar-refractivity contribution is 5.98. The van der Waals surface area contributed by atoms with Crippen molar-refractivity contribution in [2.75, 3.05) is 25.1 Å². The molecule has 0 saturated heterocycles. The van der Waals surface area contributed by atoms with Crippen LogP contribution in [0.2, 0.25) is 0 Å². The Morgan fingerprint density at radius 2 is 1.93 bits per heavy atom. The lowest BCUT2D eigenvalue weighted by Gasteiger charge is -2.18. The predicted octanol–water partition coefficient (Wildman–Crippen LogP) is 2.49. The van der Waals surface area contributed by atoms with Crippen LogP contribution in [-0.4, -0.2) is 38.0 Å². The molecular weight excluding hydrogens is 344 g/mol. The number of anilines is 1. The molecule has 2 amide bonds. The molecule has 0 radical (unpaired) electrons. The Balaban J connectivity index is 1.58. The number of amides is 2. The molecule has 0 bridgehead atoms. The van der Waals surface area contributed by atoms with Crippen molar-refractivity contribution in [3.05, 3.63) is 64.7 Å². The molecule has 1 aliphatic rings. The van der Waals surface area contributed by atoms with E-state index in [0.29, 0.717) is 24.1 Å². The van der Waals surface area contributed by atoms with E-state index in [1.54, 1.807) is 29.2 Å². The molecule has 0 saturated carbocycles. The second-order valence-corrected chi connectivity index (χ2v) is 6.45. The summed E-state index contributed by atoms with van der Waals surface area (Å²) in [5.74, 6) is -0.614. The molecule has 2 aromatic rings. The number of benzene rings is 2. The summed E-state index contributed by atoms with van der Waals surface area (Å²) < 4.78 is 4.73. The fourth-order valence-electron chi connectivity index (χ4n) is 3.25. The van der Waals surface area contributed by atoms with Crippen LogP contribution in [0.15, 0.2) is 42.5 Å². The molecule has 0 atom stereocenters. The van der Waals surface area contributed by atoms with Crippen LogP contribution >= 0.6 is 0 Å². The van der Waals surface area contributed by atoms with E-state index in [9.17, 15) is 14.4 Å². The average Bonchev–Trinajstić information content (AvgIpc) is 3.10. The number of hydrogen-bond acceptors (Lipinski definition) is 4. The van der Waals surface area contributed by atoms with Crippen molar-refractivity contribution in [1.29, 1.82) is 0 Å². The highest BCUT2D eigenvalue weighted by atomic mass is 16.5. The molecule has 27 heavy (non-hydrogen) atoms. The number of carbonyl (C=O) groups is 3. The summed E-state index contributed by atoms with van der Waals surface area (Å²) >= 11 is 0. The van der Waals surface area contributed by atoms with Gasteiger partial charge in [0.1, 0.15) is 0 Å². The largest absolute Gasteiger partial charge is 0.465 e. The third-order valence-electron chi connectivity index (χ3n) is 4.71. The highest BCUT2D eigenvalue weighted by Crippen LogP contribution is 2.29. The molecule has 0 aromatic heterocycles. The fraction of sp³-hybridized carbons (Fsp3) is 0.286. The minimum Gasteiger partial charge on any atom is -0.465 e. The number of aryl methyl sites for hydroxylation is 1. The number of nitrogens with one attached hydrogen (secondary N) is 1. The Hall–Kier alpha value is -3.15. The van der Waals surface area contributed by atoms with Crippen molar-refractivity contribution >= 4 is 23.5 Å². The summed E-state index contributed by atoms with van der Waals surface area (Å²) in [6, 6.07) is 12.6. The Morgan fingerprint density at radius 1 is 1.15 bits per heavy atom. The van der Waals surface area contributed by atoms with Gasteiger partial charge < -0.3 is 15.0 Å². The van der Waals surface area contributed by atoms with Gasteiger partial charge in [0.05, 0.1) is 12.7 Å². The van der Waals surface area contributed by atoms with E-state index in [-0.39, 0.29) is 30.7 Å². The van der Waals surface area contributed by atoms with Gasteiger partial charge in [0, 0.05) is 30.8 Å². The van der Waals surface area contributed by atoms with E-state index >= 15 is 0 Å². The molecule has 3 rings (SSSR count). The number of fused-ring (bicyclic) bond motifs is 1. The minimum absolute atomic E-state index is 0.0512. The lowest BCUT2D eigenvalue weighted by Crippen LogP contribution is -2.33. The third kappa shape index (κ3) is 4.00. The van der Waals surface area contributed by atoms with Gasteiger partial charge in [-0.3, -0.25) is 9.59 Å². The zero-order valence-electron chi connectivity index (χ0n) is 15.5. The number of esters is 1. The van der Waals surface area contributed by atoms with E-state index < -0.39 is 0 Å². The topological polar surface area (TPSA) is 75.7 Å². The van der Waals surface area contributed by atoms with Crippen molar-refractivity contribution in [3.63, 3.8) is 0 Å². The number of hydrogen-bond donors (Lipinski definition) is 1. The van der Waals surface area contributed by atoms with Crippen LogP contribution in [0.1, 0.15) is 38.3 Å². The molecular formula is C21H22N2O4. The Bertz CT molecular complexity index is 892. The summed E-state index contributed by atoms with van der Waals surface area (Å²) in [5.41, 5.74) is 3.77. The summed E-state index contributed by atoms with van der Waals surface area (Å²) in [5, 5.41) is 2.80. The van der Waals surface area contributed by atoms with Crippen LogP contribution in [0, 0.1) is 6.92 Å². The lowest BCUT2D eigenvalue weighted by atomic mass is 10.1. The van der Waals surface area contributed by atoms with Crippen LogP contribution < -0.4 is 10.2 Å². The Labute approximate surface area is 158 Å². The standard InChI is InChI=1S/C21H22N2O4/c1-14-5-3-4-6-17(14)20(25)22-11-9-19(24)23-12-10-15-13-16(21(26)27-2)7-8-18(15)23/h3-8,13H,9-12H2,1-2H3,(H,22,25). The quantitative estimate of drug-likeness (QED) is 0.825. The number of ether oxygens (including phenoxy) is 1. The molecule has 6 heteroatoms. The molecule has 1 aliphatic heterocycles.